The number of rotatable bonds is 7. The van der Waals surface area contributed by atoms with E-state index in [9.17, 15) is 9.59 Å². The molecule has 0 aromatic carbocycles. The Bertz CT molecular complexity index is 431. The van der Waals surface area contributed by atoms with Crippen molar-refractivity contribution in [2.24, 2.45) is 11.3 Å². The summed E-state index contributed by atoms with van der Waals surface area (Å²) in [7, 11) is 0. The molecule has 0 radical (unpaired) electrons. The van der Waals surface area contributed by atoms with Crippen molar-refractivity contribution in [2.75, 3.05) is 6.54 Å². The average molecular weight is 281 g/mol. The highest BCUT2D eigenvalue weighted by Gasteiger charge is 2.24. The lowest BCUT2D eigenvalue weighted by Gasteiger charge is -2.23. The van der Waals surface area contributed by atoms with Crippen LogP contribution in [0.2, 0.25) is 0 Å². The van der Waals surface area contributed by atoms with Gasteiger partial charge in [-0.1, -0.05) is 20.8 Å². The number of carboxylic acids is 1. The van der Waals surface area contributed by atoms with Gasteiger partial charge < -0.3 is 14.8 Å². The molecule has 5 heteroatoms. The van der Waals surface area contributed by atoms with Gasteiger partial charge in [0.25, 0.3) is 0 Å². The van der Waals surface area contributed by atoms with Crippen LogP contribution in [-0.2, 0) is 16.0 Å². The second kappa shape index (κ2) is 7.12. The molecule has 1 rings (SSSR count). The predicted octanol–water partition coefficient (Wildman–Crippen LogP) is 2.47. The van der Waals surface area contributed by atoms with Crippen LogP contribution >= 0.6 is 0 Å². The zero-order valence-electron chi connectivity index (χ0n) is 12.3. The minimum atomic E-state index is -0.869. The molecular formula is C15H23NO4. The summed E-state index contributed by atoms with van der Waals surface area (Å²) in [6, 6.07) is 3.59. The molecule has 0 saturated carbocycles. The van der Waals surface area contributed by atoms with Crippen molar-refractivity contribution in [3.05, 3.63) is 24.2 Å². The first-order valence-corrected chi connectivity index (χ1v) is 6.80. The average Bonchev–Trinajstić information content (AvgIpc) is 2.83. The van der Waals surface area contributed by atoms with Crippen molar-refractivity contribution in [1.82, 2.24) is 5.32 Å². The fourth-order valence-corrected chi connectivity index (χ4v) is 2.00. The fraction of sp³-hybridized carbons (Fsp3) is 0.600. The number of amides is 1. The smallest absolute Gasteiger partial charge is 0.308 e. The molecule has 1 unspecified atom stereocenters. The summed E-state index contributed by atoms with van der Waals surface area (Å²) in [6.07, 6.45) is 2.92. The Morgan fingerprint density at radius 1 is 1.40 bits per heavy atom. The van der Waals surface area contributed by atoms with E-state index in [-0.39, 0.29) is 17.9 Å². The predicted molar refractivity (Wildman–Crippen MR) is 75.2 cm³/mol. The molecule has 0 aliphatic rings. The third-order valence-electron chi connectivity index (χ3n) is 2.93. The summed E-state index contributed by atoms with van der Waals surface area (Å²) in [4.78, 5) is 22.9. The molecule has 1 aromatic rings. The Hall–Kier alpha value is -1.78. The van der Waals surface area contributed by atoms with Gasteiger partial charge >= 0.3 is 5.97 Å². The minimum Gasteiger partial charge on any atom is -0.481 e. The highest BCUT2D eigenvalue weighted by Crippen LogP contribution is 2.24. The normalized spacial score (nSPS) is 12.9. The number of hydrogen-bond donors (Lipinski definition) is 2. The second-order valence-electron chi connectivity index (χ2n) is 6.18. The van der Waals surface area contributed by atoms with Gasteiger partial charge in [0, 0.05) is 19.4 Å². The summed E-state index contributed by atoms with van der Waals surface area (Å²) in [5.41, 5.74) is -0.0814. The Labute approximate surface area is 119 Å². The van der Waals surface area contributed by atoms with Crippen LogP contribution in [0.15, 0.2) is 22.8 Å². The van der Waals surface area contributed by atoms with E-state index >= 15 is 0 Å². The van der Waals surface area contributed by atoms with E-state index < -0.39 is 11.9 Å². The van der Waals surface area contributed by atoms with Crippen molar-refractivity contribution in [3.8, 4) is 0 Å². The summed E-state index contributed by atoms with van der Waals surface area (Å²) in [6.45, 7) is 6.13. The molecule has 0 saturated heterocycles. The van der Waals surface area contributed by atoms with Gasteiger partial charge in [-0.15, -0.1) is 0 Å². The van der Waals surface area contributed by atoms with E-state index in [0.29, 0.717) is 19.3 Å². The Morgan fingerprint density at radius 3 is 2.60 bits per heavy atom. The Morgan fingerprint density at radius 2 is 2.10 bits per heavy atom. The van der Waals surface area contributed by atoms with Crippen molar-refractivity contribution >= 4 is 11.9 Å². The fourth-order valence-electron chi connectivity index (χ4n) is 2.00. The van der Waals surface area contributed by atoms with Gasteiger partial charge in [0.2, 0.25) is 5.91 Å². The molecule has 1 heterocycles. The number of carbonyl (C=O) groups is 2. The van der Waals surface area contributed by atoms with Crippen molar-refractivity contribution in [2.45, 2.75) is 40.0 Å². The summed E-state index contributed by atoms with van der Waals surface area (Å²) >= 11 is 0. The Kier molecular flexibility index (Phi) is 5.80. The first kappa shape index (κ1) is 16.3. The standard InChI is InChI=1S/C15H23NO4/c1-15(2,3)9-11(14(18)19)10-16-13(17)7-6-12-5-4-8-20-12/h4-5,8,11H,6-7,9-10H2,1-3H3,(H,16,17)(H,18,19). The quantitative estimate of drug-likeness (QED) is 0.804. The van der Waals surface area contributed by atoms with Crippen LogP contribution in [0.4, 0.5) is 0 Å². The molecule has 0 bridgehead atoms. The van der Waals surface area contributed by atoms with Gasteiger partial charge in [0.1, 0.15) is 5.76 Å². The molecule has 112 valence electrons. The van der Waals surface area contributed by atoms with E-state index in [1.807, 2.05) is 26.8 Å². The third kappa shape index (κ3) is 6.41. The number of nitrogens with one attached hydrogen (secondary N) is 1. The molecule has 0 aliphatic heterocycles. The van der Waals surface area contributed by atoms with E-state index in [4.69, 9.17) is 9.52 Å². The van der Waals surface area contributed by atoms with Crippen LogP contribution in [0.3, 0.4) is 0 Å². The van der Waals surface area contributed by atoms with Crippen molar-refractivity contribution < 1.29 is 19.1 Å². The molecule has 20 heavy (non-hydrogen) atoms. The zero-order valence-corrected chi connectivity index (χ0v) is 12.3. The number of furan rings is 1. The van der Waals surface area contributed by atoms with Gasteiger partial charge in [-0.2, -0.15) is 0 Å². The monoisotopic (exact) mass is 281 g/mol. The van der Waals surface area contributed by atoms with E-state index in [2.05, 4.69) is 5.32 Å². The number of carbonyl (C=O) groups excluding carboxylic acids is 1. The zero-order chi connectivity index (χ0) is 15.2. The van der Waals surface area contributed by atoms with Crippen LogP contribution in [0.1, 0.15) is 39.4 Å². The third-order valence-corrected chi connectivity index (χ3v) is 2.93. The van der Waals surface area contributed by atoms with Crippen molar-refractivity contribution in [3.63, 3.8) is 0 Å². The highest BCUT2D eigenvalue weighted by molar-refractivity contribution is 5.77. The van der Waals surface area contributed by atoms with Crippen LogP contribution in [0.25, 0.3) is 0 Å². The molecule has 1 atom stereocenters. The van der Waals surface area contributed by atoms with Crippen LogP contribution < -0.4 is 5.32 Å². The topological polar surface area (TPSA) is 79.5 Å². The maximum absolute atomic E-state index is 11.7. The maximum Gasteiger partial charge on any atom is 0.308 e. The lowest BCUT2D eigenvalue weighted by atomic mass is 9.84. The summed E-state index contributed by atoms with van der Waals surface area (Å²) in [5, 5.41) is 11.9. The second-order valence-corrected chi connectivity index (χ2v) is 6.18. The van der Waals surface area contributed by atoms with Gasteiger partial charge in [0.05, 0.1) is 12.2 Å². The molecule has 1 amide bonds. The maximum atomic E-state index is 11.7. The number of aliphatic carboxylic acids is 1. The molecule has 0 spiro atoms. The van der Waals surface area contributed by atoms with E-state index in [1.54, 1.807) is 12.3 Å². The molecular weight excluding hydrogens is 258 g/mol. The van der Waals surface area contributed by atoms with Crippen LogP contribution in [0.5, 0.6) is 0 Å². The number of hydrogen-bond acceptors (Lipinski definition) is 3. The van der Waals surface area contributed by atoms with Gasteiger partial charge in [-0.05, 0) is 24.0 Å². The van der Waals surface area contributed by atoms with Crippen LogP contribution in [-0.4, -0.2) is 23.5 Å². The first-order chi connectivity index (χ1) is 9.28. The molecule has 0 fully saturated rings. The largest absolute Gasteiger partial charge is 0.481 e. The molecule has 5 nitrogen and oxygen atoms in total. The summed E-state index contributed by atoms with van der Waals surface area (Å²) < 4.78 is 5.14. The molecule has 0 aliphatic carbocycles. The Balaban J connectivity index is 2.35. The van der Waals surface area contributed by atoms with Crippen molar-refractivity contribution in [1.29, 1.82) is 0 Å². The number of carboxylic acid groups (broad SMARTS) is 1. The lowest BCUT2D eigenvalue weighted by Crippen LogP contribution is -2.35. The van der Waals surface area contributed by atoms with Gasteiger partial charge in [-0.25, -0.2) is 0 Å². The molecule has 1 aromatic heterocycles. The van der Waals surface area contributed by atoms with E-state index in [1.165, 1.54) is 0 Å². The van der Waals surface area contributed by atoms with Gasteiger partial charge in [0.15, 0.2) is 0 Å². The number of aryl methyl sites for hydroxylation is 1. The minimum absolute atomic E-state index is 0.0814. The van der Waals surface area contributed by atoms with E-state index in [0.717, 1.165) is 5.76 Å². The highest BCUT2D eigenvalue weighted by atomic mass is 16.4. The lowest BCUT2D eigenvalue weighted by molar-refractivity contribution is -0.142. The molecule has 2 N–H and O–H groups in total. The van der Waals surface area contributed by atoms with Gasteiger partial charge in [-0.3, -0.25) is 9.59 Å². The summed E-state index contributed by atoms with van der Waals surface area (Å²) in [5.74, 6) is -0.819. The SMILES string of the molecule is CC(C)(C)CC(CNC(=O)CCc1ccco1)C(=O)O. The first-order valence-electron chi connectivity index (χ1n) is 6.80. The van der Waals surface area contributed by atoms with Crippen LogP contribution in [0, 0.1) is 11.3 Å².